The molecule has 0 spiro atoms. The molecule has 6 heteroatoms. The minimum absolute atomic E-state index is 0.00903. The summed E-state index contributed by atoms with van der Waals surface area (Å²) in [6, 6.07) is -0.550. The van der Waals surface area contributed by atoms with E-state index >= 15 is 0 Å². The van der Waals surface area contributed by atoms with E-state index in [0.717, 1.165) is 51.4 Å². The standard InChI is InChI=1S/C60H117NO5/c1-3-5-7-9-11-13-15-17-19-20-21-22-23-25-28-32-36-40-44-48-52-58(63)57(56-62)61-59(64)53-49-45-41-37-33-29-26-27-31-35-39-43-47-51-55-66-60(65)54-50-46-42-38-34-30-24-18-16-14-12-10-8-6-4-2/h18,24,57-58,62-63H,3-17,19-23,25-56H2,1-2H3,(H,61,64)/b24-18-. The van der Waals surface area contributed by atoms with Crippen LogP contribution in [0, 0.1) is 0 Å². The number of hydrogen-bond donors (Lipinski definition) is 3. The summed E-state index contributed by atoms with van der Waals surface area (Å²) in [5.74, 6) is -0.0513. The summed E-state index contributed by atoms with van der Waals surface area (Å²) in [6.45, 7) is 4.95. The zero-order valence-corrected chi connectivity index (χ0v) is 44.7. The molecule has 2 atom stereocenters. The molecule has 0 saturated heterocycles. The molecule has 6 nitrogen and oxygen atoms in total. The van der Waals surface area contributed by atoms with Gasteiger partial charge in [0.05, 0.1) is 25.4 Å². The molecule has 0 bridgehead atoms. The van der Waals surface area contributed by atoms with Crippen LogP contribution in [0.4, 0.5) is 0 Å². The molecule has 0 rings (SSSR count). The Bertz CT molecular complexity index is 986. The molecule has 0 aromatic rings. The molecule has 0 aliphatic rings. The van der Waals surface area contributed by atoms with Gasteiger partial charge in [0.15, 0.2) is 0 Å². The number of unbranched alkanes of at least 4 members (excludes halogenated alkanes) is 43. The molecule has 0 aromatic carbocycles. The number of carbonyl (C=O) groups excluding carboxylic acids is 2. The van der Waals surface area contributed by atoms with Crippen LogP contribution in [0.3, 0.4) is 0 Å². The van der Waals surface area contributed by atoms with Crippen LogP contribution in [0.15, 0.2) is 12.2 Å². The summed E-state index contributed by atoms with van der Waals surface area (Å²) in [7, 11) is 0. The quantitative estimate of drug-likeness (QED) is 0.0321. The fraction of sp³-hybridized carbons (Fsp3) is 0.933. The van der Waals surface area contributed by atoms with Crippen molar-refractivity contribution in [2.24, 2.45) is 0 Å². The average molecular weight is 933 g/mol. The van der Waals surface area contributed by atoms with E-state index in [1.807, 2.05) is 0 Å². The van der Waals surface area contributed by atoms with Crippen LogP contribution in [0.25, 0.3) is 0 Å². The van der Waals surface area contributed by atoms with Crippen molar-refractivity contribution in [3.8, 4) is 0 Å². The molecular formula is C60H117NO5. The summed E-state index contributed by atoms with van der Waals surface area (Å²) >= 11 is 0. The Hall–Kier alpha value is -1.40. The number of amides is 1. The molecule has 392 valence electrons. The molecule has 0 aliphatic heterocycles. The zero-order chi connectivity index (χ0) is 47.9. The van der Waals surface area contributed by atoms with Gasteiger partial charge >= 0.3 is 5.97 Å². The molecule has 0 fully saturated rings. The second-order valence-corrected chi connectivity index (χ2v) is 20.7. The van der Waals surface area contributed by atoms with E-state index in [2.05, 4.69) is 31.3 Å². The molecule has 66 heavy (non-hydrogen) atoms. The summed E-state index contributed by atoms with van der Waals surface area (Å²) in [4.78, 5) is 24.6. The fourth-order valence-corrected chi connectivity index (χ4v) is 9.46. The largest absolute Gasteiger partial charge is 0.466 e. The van der Waals surface area contributed by atoms with Crippen molar-refractivity contribution < 1.29 is 24.5 Å². The highest BCUT2D eigenvalue weighted by Crippen LogP contribution is 2.18. The fourth-order valence-electron chi connectivity index (χ4n) is 9.46. The van der Waals surface area contributed by atoms with E-state index in [-0.39, 0.29) is 18.5 Å². The van der Waals surface area contributed by atoms with Gasteiger partial charge in [-0.05, 0) is 51.4 Å². The Morgan fingerprint density at radius 3 is 1.08 bits per heavy atom. The second-order valence-electron chi connectivity index (χ2n) is 20.7. The number of esters is 1. The van der Waals surface area contributed by atoms with Crippen LogP contribution in [0.5, 0.6) is 0 Å². The van der Waals surface area contributed by atoms with E-state index in [0.29, 0.717) is 25.9 Å². The Labute approximate surface area is 412 Å². The van der Waals surface area contributed by atoms with Gasteiger partial charge in [-0.1, -0.05) is 283 Å². The molecule has 3 N–H and O–H groups in total. The number of nitrogens with one attached hydrogen (secondary N) is 1. The minimum Gasteiger partial charge on any atom is -0.466 e. The molecule has 0 aliphatic carbocycles. The maximum Gasteiger partial charge on any atom is 0.305 e. The maximum atomic E-state index is 12.5. The zero-order valence-electron chi connectivity index (χ0n) is 44.7. The van der Waals surface area contributed by atoms with Crippen LogP contribution < -0.4 is 5.32 Å². The third kappa shape index (κ3) is 52.0. The lowest BCUT2D eigenvalue weighted by molar-refractivity contribution is -0.143. The Kier molecular flexibility index (Phi) is 55.0. The first-order valence-electron chi connectivity index (χ1n) is 29.9. The summed E-state index contributed by atoms with van der Waals surface area (Å²) in [6.07, 6.45) is 66.3. The summed E-state index contributed by atoms with van der Waals surface area (Å²) < 4.78 is 5.47. The summed E-state index contributed by atoms with van der Waals surface area (Å²) in [5.41, 5.74) is 0. The molecule has 0 radical (unpaired) electrons. The van der Waals surface area contributed by atoms with Gasteiger partial charge in [0, 0.05) is 12.8 Å². The number of hydrogen-bond acceptors (Lipinski definition) is 5. The number of rotatable bonds is 56. The first-order valence-corrected chi connectivity index (χ1v) is 29.9. The highest BCUT2D eigenvalue weighted by molar-refractivity contribution is 5.76. The van der Waals surface area contributed by atoms with E-state index in [1.54, 1.807) is 0 Å². The van der Waals surface area contributed by atoms with Crippen LogP contribution in [-0.4, -0.2) is 47.4 Å². The minimum atomic E-state index is -0.672. The first-order chi connectivity index (χ1) is 32.5. The molecule has 2 unspecified atom stereocenters. The van der Waals surface area contributed by atoms with Crippen LogP contribution >= 0.6 is 0 Å². The van der Waals surface area contributed by atoms with Crippen LogP contribution in [-0.2, 0) is 14.3 Å². The topological polar surface area (TPSA) is 95.9 Å². The van der Waals surface area contributed by atoms with Gasteiger partial charge in [0.2, 0.25) is 5.91 Å². The number of ether oxygens (including phenoxy) is 1. The van der Waals surface area contributed by atoms with Crippen molar-refractivity contribution in [3.05, 3.63) is 12.2 Å². The van der Waals surface area contributed by atoms with E-state index in [1.165, 1.54) is 250 Å². The van der Waals surface area contributed by atoms with E-state index in [4.69, 9.17) is 4.74 Å². The predicted octanol–water partition coefficient (Wildman–Crippen LogP) is 18.5. The smallest absolute Gasteiger partial charge is 0.305 e. The van der Waals surface area contributed by atoms with Crippen molar-refractivity contribution in [3.63, 3.8) is 0 Å². The molecule has 0 aromatic heterocycles. The maximum absolute atomic E-state index is 12.5. The van der Waals surface area contributed by atoms with Gasteiger partial charge < -0.3 is 20.3 Å². The summed E-state index contributed by atoms with van der Waals surface area (Å²) in [5, 5.41) is 23.3. The SMILES string of the molecule is CCCCCCCC/C=C\CCCCCCCC(=O)OCCCCCCCCCCCCCCCCC(=O)NC(CO)C(O)CCCCCCCCCCCCCCCCCCCCCC. The first kappa shape index (κ1) is 64.6. The van der Waals surface area contributed by atoms with Crippen LogP contribution in [0.2, 0.25) is 0 Å². The molecule has 0 saturated carbocycles. The highest BCUT2D eigenvalue weighted by Gasteiger charge is 2.20. The van der Waals surface area contributed by atoms with E-state index in [9.17, 15) is 19.8 Å². The van der Waals surface area contributed by atoms with Crippen molar-refractivity contribution >= 4 is 11.9 Å². The predicted molar refractivity (Wildman–Crippen MR) is 287 cm³/mol. The number of allylic oxidation sites excluding steroid dienone is 2. The van der Waals surface area contributed by atoms with Gasteiger partial charge in [-0.2, -0.15) is 0 Å². The van der Waals surface area contributed by atoms with Crippen molar-refractivity contribution in [1.82, 2.24) is 5.32 Å². The van der Waals surface area contributed by atoms with Gasteiger partial charge in [-0.15, -0.1) is 0 Å². The normalized spacial score (nSPS) is 12.6. The number of aliphatic hydroxyl groups excluding tert-OH is 2. The number of carbonyl (C=O) groups is 2. The van der Waals surface area contributed by atoms with Gasteiger partial charge in [0.1, 0.15) is 0 Å². The average Bonchev–Trinajstić information content (AvgIpc) is 3.32. The van der Waals surface area contributed by atoms with Gasteiger partial charge in [-0.25, -0.2) is 0 Å². The van der Waals surface area contributed by atoms with E-state index < -0.39 is 12.1 Å². The van der Waals surface area contributed by atoms with Crippen molar-refractivity contribution in [2.75, 3.05) is 13.2 Å². The molecule has 0 heterocycles. The Morgan fingerprint density at radius 2 is 0.712 bits per heavy atom. The lowest BCUT2D eigenvalue weighted by atomic mass is 10.0. The third-order valence-corrected chi connectivity index (χ3v) is 14.1. The molecule has 1 amide bonds. The Morgan fingerprint density at radius 1 is 0.409 bits per heavy atom. The number of aliphatic hydroxyl groups is 2. The van der Waals surface area contributed by atoms with Gasteiger partial charge in [-0.3, -0.25) is 9.59 Å². The lowest BCUT2D eigenvalue weighted by Crippen LogP contribution is -2.45. The lowest BCUT2D eigenvalue weighted by Gasteiger charge is -2.22. The Balaban J connectivity index is 3.43. The molecular weight excluding hydrogens is 815 g/mol. The van der Waals surface area contributed by atoms with Crippen molar-refractivity contribution in [2.45, 2.75) is 347 Å². The van der Waals surface area contributed by atoms with Gasteiger partial charge in [0.25, 0.3) is 0 Å². The monoisotopic (exact) mass is 932 g/mol. The second kappa shape index (κ2) is 56.2. The third-order valence-electron chi connectivity index (χ3n) is 14.1. The highest BCUT2D eigenvalue weighted by atomic mass is 16.5. The van der Waals surface area contributed by atoms with Crippen molar-refractivity contribution in [1.29, 1.82) is 0 Å². The van der Waals surface area contributed by atoms with Crippen LogP contribution in [0.1, 0.15) is 335 Å².